The van der Waals surface area contributed by atoms with Crippen LogP contribution in [0.3, 0.4) is 0 Å². The molecule has 5 rings (SSSR count). The van der Waals surface area contributed by atoms with E-state index in [2.05, 4.69) is 15.2 Å². The second-order valence-corrected chi connectivity index (χ2v) is 9.03. The first-order valence-corrected chi connectivity index (χ1v) is 11.6. The summed E-state index contributed by atoms with van der Waals surface area (Å²) >= 11 is 5.44. The van der Waals surface area contributed by atoms with E-state index in [1.807, 2.05) is 40.3 Å². The van der Waals surface area contributed by atoms with Gasteiger partial charge in [0.1, 0.15) is 5.82 Å². The van der Waals surface area contributed by atoms with Gasteiger partial charge in [0.15, 0.2) is 10.6 Å². The summed E-state index contributed by atoms with van der Waals surface area (Å²) in [5.74, 6) is 1.48. The summed E-state index contributed by atoms with van der Waals surface area (Å²) < 4.78 is 42.8. The van der Waals surface area contributed by atoms with Gasteiger partial charge in [0.2, 0.25) is 0 Å². The van der Waals surface area contributed by atoms with Crippen molar-refractivity contribution in [2.24, 2.45) is 0 Å². The average Bonchev–Trinajstić information content (AvgIpc) is 3.45. The molecule has 1 aliphatic carbocycles. The van der Waals surface area contributed by atoms with Gasteiger partial charge in [-0.05, 0) is 67.2 Å². The molecular formula is C25H22F3N5OS. The maximum atomic E-state index is 12.8. The van der Waals surface area contributed by atoms with Crippen molar-refractivity contribution in [2.75, 3.05) is 0 Å². The van der Waals surface area contributed by atoms with E-state index in [0.717, 1.165) is 65.4 Å². The zero-order valence-corrected chi connectivity index (χ0v) is 19.7. The second kappa shape index (κ2) is 8.92. The van der Waals surface area contributed by atoms with Gasteiger partial charge >= 0.3 is 6.18 Å². The molecule has 0 saturated carbocycles. The van der Waals surface area contributed by atoms with E-state index >= 15 is 0 Å². The highest BCUT2D eigenvalue weighted by molar-refractivity contribution is 7.71. The van der Waals surface area contributed by atoms with Crippen molar-refractivity contribution in [3.05, 3.63) is 97.7 Å². The lowest BCUT2D eigenvalue weighted by atomic mass is 10.0. The first kappa shape index (κ1) is 23.2. The van der Waals surface area contributed by atoms with E-state index < -0.39 is 11.7 Å². The van der Waals surface area contributed by atoms with Crippen LogP contribution < -0.4 is 5.56 Å². The first-order valence-electron chi connectivity index (χ1n) is 11.2. The zero-order chi connectivity index (χ0) is 24.7. The average molecular weight is 498 g/mol. The minimum Gasteiger partial charge on any atom is -0.314 e. The summed E-state index contributed by atoms with van der Waals surface area (Å²) in [6.07, 6.45) is -1.87. The van der Waals surface area contributed by atoms with Gasteiger partial charge < -0.3 is 9.13 Å². The van der Waals surface area contributed by atoms with Crippen LogP contribution in [0.5, 0.6) is 0 Å². The third-order valence-corrected chi connectivity index (χ3v) is 6.73. The Balaban J connectivity index is 1.38. The number of hydrogen-bond acceptors (Lipinski definition) is 4. The maximum Gasteiger partial charge on any atom is 0.416 e. The van der Waals surface area contributed by atoms with Crippen molar-refractivity contribution in [1.82, 2.24) is 24.3 Å². The lowest BCUT2D eigenvalue weighted by molar-refractivity contribution is -0.137. The van der Waals surface area contributed by atoms with Gasteiger partial charge in [-0.3, -0.25) is 9.78 Å². The van der Waals surface area contributed by atoms with Gasteiger partial charge in [-0.1, -0.05) is 36.4 Å². The Kier molecular flexibility index (Phi) is 5.92. The predicted octanol–water partition coefficient (Wildman–Crippen LogP) is 5.08. The highest BCUT2D eigenvalue weighted by Gasteiger charge is 2.30. The Morgan fingerprint density at radius 2 is 1.60 bits per heavy atom. The van der Waals surface area contributed by atoms with E-state index in [0.29, 0.717) is 23.4 Å². The first-order chi connectivity index (χ1) is 16.7. The van der Waals surface area contributed by atoms with Crippen LogP contribution in [0, 0.1) is 11.7 Å². The van der Waals surface area contributed by atoms with Crippen LogP contribution in [0.25, 0.3) is 11.1 Å². The van der Waals surface area contributed by atoms with Crippen LogP contribution in [-0.2, 0) is 32.1 Å². The molecule has 2 aromatic carbocycles. The molecule has 2 heterocycles. The number of aryl methyl sites for hydroxylation is 1. The Morgan fingerprint density at radius 1 is 0.943 bits per heavy atom. The molecule has 180 valence electrons. The maximum absolute atomic E-state index is 12.8. The quantitative estimate of drug-likeness (QED) is 0.391. The van der Waals surface area contributed by atoms with E-state index in [1.165, 1.54) is 12.1 Å². The number of aromatic amines is 1. The van der Waals surface area contributed by atoms with Crippen molar-refractivity contribution in [1.29, 1.82) is 0 Å². The van der Waals surface area contributed by atoms with Crippen LogP contribution in [0.4, 0.5) is 13.2 Å². The van der Waals surface area contributed by atoms with Gasteiger partial charge in [0.05, 0.1) is 18.7 Å². The molecule has 1 N–H and O–H groups in total. The Hall–Kier alpha value is -3.53. The number of H-pyrrole nitrogens is 1. The molecule has 0 spiro atoms. The Morgan fingerprint density at radius 3 is 2.26 bits per heavy atom. The monoisotopic (exact) mass is 497 g/mol. The normalized spacial score (nSPS) is 13.3. The van der Waals surface area contributed by atoms with Crippen molar-refractivity contribution in [3.8, 4) is 11.1 Å². The van der Waals surface area contributed by atoms with Crippen molar-refractivity contribution in [3.63, 3.8) is 0 Å². The fourth-order valence-corrected chi connectivity index (χ4v) is 4.79. The van der Waals surface area contributed by atoms with E-state index in [-0.39, 0.29) is 5.56 Å². The summed E-state index contributed by atoms with van der Waals surface area (Å²) in [5.41, 5.74) is 3.53. The summed E-state index contributed by atoms with van der Waals surface area (Å²) in [4.78, 5) is 15.0. The molecule has 35 heavy (non-hydrogen) atoms. The van der Waals surface area contributed by atoms with Gasteiger partial charge in [-0.15, -0.1) is 10.2 Å². The van der Waals surface area contributed by atoms with Gasteiger partial charge in [-0.25, -0.2) is 0 Å². The molecule has 0 bridgehead atoms. The summed E-state index contributed by atoms with van der Waals surface area (Å²) in [5, 5.41) is 8.60. The number of nitrogens with one attached hydrogen (secondary N) is 1. The second-order valence-electron chi connectivity index (χ2n) is 8.65. The number of rotatable bonds is 5. The third kappa shape index (κ3) is 4.58. The highest BCUT2D eigenvalue weighted by Crippen LogP contribution is 2.31. The lowest BCUT2D eigenvalue weighted by Crippen LogP contribution is -2.22. The number of halogens is 3. The molecule has 0 amide bonds. The van der Waals surface area contributed by atoms with Crippen LogP contribution in [0.2, 0.25) is 0 Å². The van der Waals surface area contributed by atoms with Crippen molar-refractivity contribution < 1.29 is 13.2 Å². The van der Waals surface area contributed by atoms with Gasteiger partial charge in [-0.2, -0.15) is 13.2 Å². The van der Waals surface area contributed by atoms with Crippen molar-refractivity contribution >= 4 is 12.2 Å². The summed E-state index contributed by atoms with van der Waals surface area (Å²) in [6.45, 7) is 2.81. The van der Waals surface area contributed by atoms with E-state index in [9.17, 15) is 18.0 Å². The zero-order valence-electron chi connectivity index (χ0n) is 18.9. The van der Waals surface area contributed by atoms with E-state index in [4.69, 9.17) is 12.2 Å². The number of alkyl halides is 3. The van der Waals surface area contributed by atoms with Crippen LogP contribution in [0.1, 0.15) is 40.5 Å². The number of fused-ring (bicyclic) bond motifs is 1. The number of aromatic nitrogens is 5. The largest absolute Gasteiger partial charge is 0.416 e. The van der Waals surface area contributed by atoms with Gasteiger partial charge in [0, 0.05) is 11.3 Å². The Bertz CT molecular complexity index is 1500. The van der Waals surface area contributed by atoms with Crippen LogP contribution in [0.15, 0.2) is 53.3 Å². The predicted molar refractivity (Wildman–Crippen MR) is 128 cm³/mol. The van der Waals surface area contributed by atoms with Crippen LogP contribution >= 0.6 is 12.2 Å². The lowest BCUT2D eigenvalue weighted by Gasteiger charge is -2.14. The summed E-state index contributed by atoms with van der Waals surface area (Å²) in [6, 6.07) is 12.8. The number of hydrogen-bond donors (Lipinski definition) is 1. The molecule has 0 saturated heterocycles. The third-order valence-electron chi connectivity index (χ3n) is 6.41. The van der Waals surface area contributed by atoms with E-state index in [1.54, 1.807) is 0 Å². The van der Waals surface area contributed by atoms with Gasteiger partial charge in [0.25, 0.3) is 5.56 Å². The fourth-order valence-electron chi connectivity index (χ4n) is 4.53. The molecule has 0 aliphatic heterocycles. The highest BCUT2D eigenvalue weighted by atomic mass is 32.1. The summed E-state index contributed by atoms with van der Waals surface area (Å²) in [7, 11) is 0. The molecule has 1 aliphatic rings. The molecule has 0 radical (unpaired) electrons. The molecule has 6 nitrogen and oxygen atoms in total. The number of nitrogens with zero attached hydrogens (tertiary/aromatic N) is 4. The molecule has 2 aromatic heterocycles. The molecule has 0 unspecified atom stereocenters. The number of benzene rings is 2. The molecule has 4 aromatic rings. The smallest absolute Gasteiger partial charge is 0.314 e. The standard InChI is InChI=1S/C25H22F3N5OS/c1-15-30-31-22(14-33-21-4-2-3-20(21)23(34)29-24(33)35)32(15)13-16-5-7-17(8-6-16)18-9-11-19(12-10-18)25(26,27)28/h5-12H,2-4,13-14H2,1H3,(H,29,34,35). The molecule has 0 atom stereocenters. The fraction of sp³-hybridized carbons (Fsp3) is 0.280. The topological polar surface area (TPSA) is 68.5 Å². The van der Waals surface area contributed by atoms with Crippen LogP contribution in [-0.4, -0.2) is 24.3 Å². The molecule has 0 fully saturated rings. The Labute approximate surface area is 204 Å². The minimum absolute atomic E-state index is 0.107. The SMILES string of the molecule is Cc1nnc(Cn2c3c(c(=O)[nH]c2=S)CCC3)n1Cc1ccc(-c2ccc(C(F)(F)F)cc2)cc1. The molecule has 10 heteroatoms. The van der Waals surface area contributed by atoms with Crippen molar-refractivity contribution in [2.45, 2.75) is 45.5 Å². The minimum atomic E-state index is -4.35. The molecular weight excluding hydrogens is 475 g/mol.